The average molecular weight is 180 g/mol. The summed E-state index contributed by atoms with van der Waals surface area (Å²) < 4.78 is 34.3. The summed E-state index contributed by atoms with van der Waals surface area (Å²) in [6.07, 6.45) is 0. The largest absolute Gasteiger partial charge is 0.230 e. The van der Waals surface area contributed by atoms with Gasteiger partial charge < -0.3 is 0 Å². The Morgan fingerprint density at radius 1 is 1.36 bits per heavy atom. The van der Waals surface area contributed by atoms with Gasteiger partial charge in [-0.1, -0.05) is 20.8 Å². The van der Waals surface area contributed by atoms with Gasteiger partial charge >= 0.3 is 0 Å². The number of rotatable bonds is 0. The molecule has 2 nitrogen and oxygen atoms in total. The minimum atomic E-state index is -3.36. The van der Waals surface area contributed by atoms with Crippen LogP contribution in [-0.4, -0.2) is 19.7 Å². The Morgan fingerprint density at radius 3 is 1.91 bits per heavy atom. The lowest BCUT2D eigenvalue weighted by molar-refractivity contribution is 0.157. The first-order valence-corrected chi connectivity index (χ1v) is 5.32. The first-order valence-electron chi connectivity index (χ1n) is 3.61. The maximum Gasteiger partial charge on any atom is 0.205 e. The van der Waals surface area contributed by atoms with Crippen LogP contribution in [0, 0.1) is 11.3 Å². The molecule has 0 aromatic rings. The van der Waals surface area contributed by atoms with Gasteiger partial charge in [-0.3, -0.25) is 0 Å². The Morgan fingerprint density at radius 2 is 1.82 bits per heavy atom. The zero-order valence-corrected chi connectivity index (χ0v) is 7.78. The second-order valence-electron chi connectivity index (χ2n) is 4.15. The van der Waals surface area contributed by atoms with Gasteiger partial charge in [0.15, 0.2) is 9.84 Å². The van der Waals surface area contributed by atoms with Gasteiger partial charge in [0.25, 0.3) is 0 Å². The van der Waals surface area contributed by atoms with Crippen molar-refractivity contribution in [3.05, 3.63) is 0 Å². The molecule has 1 rings (SSSR count). The molecule has 0 saturated carbocycles. The molecule has 1 fully saturated rings. The Kier molecular flexibility index (Phi) is 1.78. The van der Waals surface area contributed by atoms with E-state index in [0.717, 1.165) is 0 Å². The van der Waals surface area contributed by atoms with Crippen LogP contribution in [0.5, 0.6) is 0 Å². The molecule has 66 valence electrons. The lowest BCUT2D eigenvalue weighted by atomic mass is 9.82. The van der Waals surface area contributed by atoms with Crippen LogP contribution in [0.4, 0.5) is 4.39 Å². The first kappa shape index (κ1) is 8.97. The van der Waals surface area contributed by atoms with E-state index in [-0.39, 0.29) is 17.1 Å². The molecule has 1 heterocycles. The van der Waals surface area contributed by atoms with Crippen LogP contribution in [0.1, 0.15) is 20.8 Å². The number of sulfone groups is 1. The van der Waals surface area contributed by atoms with Crippen molar-refractivity contribution >= 4 is 9.84 Å². The summed E-state index contributed by atoms with van der Waals surface area (Å²) >= 11 is 0. The Labute approximate surface area is 66.7 Å². The fourth-order valence-electron chi connectivity index (χ4n) is 1.19. The second-order valence-corrected chi connectivity index (χ2v) is 6.26. The summed E-state index contributed by atoms with van der Waals surface area (Å²) in [4.78, 5) is 0. The molecule has 2 unspecified atom stereocenters. The monoisotopic (exact) mass is 180 g/mol. The van der Waals surface area contributed by atoms with E-state index >= 15 is 0 Å². The van der Waals surface area contributed by atoms with E-state index in [0.29, 0.717) is 0 Å². The van der Waals surface area contributed by atoms with Crippen molar-refractivity contribution in [2.75, 3.05) is 5.75 Å². The Hall–Kier alpha value is -0.120. The van der Waals surface area contributed by atoms with Gasteiger partial charge in [0.2, 0.25) is 5.50 Å². The maximum atomic E-state index is 12.9. The van der Waals surface area contributed by atoms with Crippen LogP contribution in [0.15, 0.2) is 0 Å². The molecular formula is C7H13FO2S. The molecule has 0 radical (unpaired) electrons. The lowest BCUT2D eigenvalue weighted by Gasteiger charge is -2.39. The summed E-state index contributed by atoms with van der Waals surface area (Å²) in [5.41, 5.74) is -1.85. The quantitative estimate of drug-likeness (QED) is 0.564. The lowest BCUT2D eigenvalue weighted by Crippen LogP contribution is -2.50. The van der Waals surface area contributed by atoms with Crippen molar-refractivity contribution in [2.45, 2.75) is 26.3 Å². The fourth-order valence-corrected chi connectivity index (χ4v) is 3.19. The van der Waals surface area contributed by atoms with Gasteiger partial charge in [0.05, 0.1) is 5.75 Å². The van der Waals surface area contributed by atoms with Gasteiger partial charge in [0.1, 0.15) is 0 Å². The summed E-state index contributed by atoms with van der Waals surface area (Å²) in [7, 11) is -3.36. The second kappa shape index (κ2) is 2.19. The van der Waals surface area contributed by atoms with Gasteiger partial charge in [-0.05, 0) is 5.41 Å². The van der Waals surface area contributed by atoms with Crippen molar-refractivity contribution < 1.29 is 12.8 Å². The molecular weight excluding hydrogens is 167 g/mol. The molecule has 0 spiro atoms. The highest BCUT2D eigenvalue weighted by molar-refractivity contribution is 7.93. The van der Waals surface area contributed by atoms with E-state index in [1.165, 1.54) is 0 Å². The SMILES string of the molecule is CC(C)(C)C1CS(=O)(=O)C1F. The third-order valence-corrected chi connectivity index (χ3v) is 4.02. The molecule has 0 bridgehead atoms. The van der Waals surface area contributed by atoms with Gasteiger partial charge in [-0.25, -0.2) is 12.8 Å². The molecule has 1 aliphatic heterocycles. The van der Waals surface area contributed by atoms with Crippen molar-refractivity contribution in [3.63, 3.8) is 0 Å². The molecule has 0 aromatic heterocycles. The average Bonchev–Trinajstić information content (AvgIpc) is 1.80. The fraction of sp³-hybridized carbons (Fsp3) is 1.00. The van der Waals surface area contributed by atoms with Crippen LogP contribution in [-0.2, 0) is 9.84 Å². The highest BCUT2D eigenvalue weighted by atomic mass is 32.2. The van der Waals surface area contributed by atoms with Crippen LogP contribution >= 0.6 is 0 Å². The van der Waals surface area contributed by atoms with Crippen LogP contribution in [0.2, 0.25) is 0 Å². The Balaban J connectivity index is 2.74. The molecule has 1 saturated heterocycles. The summed E-state index contributed by atoms with van der Waals surface area (Å²) in [6.45, 7) is 5.58. The maximum absolute atomic E-state index is 12.9. The predicted molar refractivity (Wildman–Crippen MR) is 41.6 cm³/mol. The Bertz CT molecular complexity index is 250. The molecule has 11 heavy (non-hydrogen) atoms. The molecule has 4 heteroatoms. The number of hydrogen-bond acceptors (Lipinski definition) is 2. The summed E-state index contributed by atoms with van der Waals surface area (Å²) in [6, 6.07) is 0. The standard InChI is InChI=1S/C7H13FO2S/c1-7(2,3)5-4-11(9,10)6(5)8/h5-6H,4H2,1-3H3. The molecule has 1 aliphatic rings. The van der Waals surface area contributed by atoms with Gasteiger partial charge in [-0.15, -0.1) is 0 Å². The third kappa shape index (κ3) is 1.41. The highest BCUT2D eigenvalue weighted by Gasteiger charge is 2.51. The van der Waals surface area contributed by atoms with E-state index in [9.17, 15) is 12.8 Å². The highest BCUT2D eigenvalue weighted by Crippen LogP contribution is 2.41. The first-order chi connectivity index (χ1) is 4.75. The minimum Gasteiger partial charge on any atom is -0.230 e. The van der Waals surface area contributed by atoms with Crippen LogP contribution in [0.25, 0.3) is 0 Å². The smallest absolute Gasteiger partial charge is 0.205 e. The number of hydrogen-bond donors (Lipinski definition) is 0. The van der Waals surface area contributed by atoms with Gasteiger partial charge in [0, 0.05) is 5.92 Å². The topological polar surface area (TPSA) is 34.1 Å². The van der Waals surface area contributed by atoms with Crippen molar-refractivity contribution in [3.8, 4) is 0 Å². The van der Waals surface area contributed by atoms with Crippen LogP contribution < -0.4 is 0 Å². The van der Waals surface area contributed by atoms with Crippen molar-refractivity contribution in [1.82, 2.24) is 0 Å². The molecule has 0 aliphatic carbocycles. The normalized spacial score (nSPS) is 36.4. The van der Waals surface area contributed by atoms with Crippen LogP contribution in [0.3, 0.4) is 0 Å². The zero-order valence-electron chi connectivity index (χ0n) is 6.96. The van der Waals surface area contributed by atoms with E-state index in [4.69, 9.17) is 0 Å². The summed E-state index contributed by atoms with van der Waals surface area (Å²) in [5.74, 6) is -0.301. The van der Waals surface area contributed by atoms with E-state index in [1.807, 2.05) is 20.8 Å². The number of halogens is 1. The van der Waals surface area contributed by atoms with E-state index in [1.54, 1.807) is 0 Å². The third-order valence-electron chi connectivity index (χ3n) is 2.18. The van der Waals surface area contributed by atoms with Crippen molar-refractivity contribution in [2.24, 2.45) is 11.3 Å². The molecule has 0 amide bonds. The predicted octanol–water partition coefficient (Wildman–Crippen LogP) is 1.37. The molecule has 0 N–H and O–H groups in total. The van der Waals surface area contributed by atoms with E-state index < -0.39 is 15.3 Å². The minimum absolute atomic E-state index is 0.0116. The number of alkyl halides is 1. The van der Waals surface area contributed by atoms with Gasteiger partial charge in [-0.2, -0.15) is 0 Å². The molecule has 0 aromatic carbocycles. The zero-order chi connectivity index (χ0) is 8.86. The van der Waals surface area contributed by atoms with E-state index in [2.05, 4.69) is 0 Å². The summed E-state index contributed by atoms with van der Waals surface area (Å²) in [5, 5.41) is 0. The molecule has 2 atom stereocenters. The van der Waals surface area contributed by atoms with Crippen molar-refractivity contribution in [1.29, 1.82) is 0 Å².